The lowest BCUT2D eigenvalue weighted by atomic mass is 9.93. The molecule has 2 N–H and O–H groups in total. The SMILES string of the molecule is O[C@@H]1CCCC[C@H]1NCCOc1ccccc1. The van der Waals surface area contributed by atoms with Gasteiger partial charge < -0.3 is 15.2 Å². The van der Waals surface area contributed by atoms with Crippen molar-refractivity contribution >= 4 is 0 Å². The molecule has 0 unspecified atom stereocenters. The Morgan fingerprint density at radius 2 is 1.94 bits per heavy atom. The average Bonchev–Trinajstić information content (AvgIpc) is 2.38. The summed E-state index contributed by atoms with van der Waals surface area (Å²) in [4.78, 5) is 0. The molecule has 0 amide bonds. The summed E-state index contributed by atoms with van der Waals surface area (Å²) in [5.74, 6) is 0.901. The van der Waals surface area contributed by atoms with E-state index in [4.69, 9.17) is 4.74 Å². The number of ether oxygens (including phenoxy) is 1. The molecule has 1 fully saturated rings. The number of benzene rings is 1. The number of aliphatic hydroxyl groups excluding tert-OH is 1. The highest BCUT2D eigenvalue weighted by Crippen LogP contribution is 2.18. The summed E-state index contributed by atoms with van der Waals surface area (Å²) < 4.78 is 5.59. The molecule has 3 nitrogen and oxygen atoms in total. The van der Waals surface area contributed by atoms with Gasteiger partial charge in [0, 0.05) is 12.6 Å². The molecule has 2 atom stereocenters. The minimum atomic E-state index is -0.180. The minimum Gasteiger partial charge on any atom is -0.492 e. The van der Waals surface area contributed by atoms with E-state index in [2.05, 4.69) is 5.32 Å². The molecule has 1 aliphatic rings. The normalized spacial score (nSPS) is 24.5. The summed E-state index contributed by atoms with van der Waals surface area (Å²) in [6, 6.07) is 10.1. The van der Waals surface area contributed by atoms with Crippen LogP contribution in [0.1, 0.15) is 25.7 Å². The highest BCUT2D eigenvalue weighted by atomic mass is 16.5. The smallest absolute Gasteiger partial charge is 0.119 e. The molecule has 1 aliphatic carbocycles. The lowest BCUT2D eigenvalue weighted by Crippen LogP contribution is -2.43. The van der Waals surface area contributed by atoms with E-state index in [0.29, 0.717) is 6.61 Å². The summed E-state index contributed by atoms with van der Waals surface area (Å²) in [6.07, 6.45) is 4.19. The number of nitrogens with one attached hydrogen (secondary N) is 1. The molecule has 1 aromatic carbocycles. The second-order valence-corrected chi connectivity index (χ2v) is 4.57. The summed E-state index contributed by atoms with van der Waals surface area (Å²) >= 11 is 0. The van der Waals surface area contributed by atoms with Crippen LogP contribution in [0.5, 0.6) is 5.75 Å². The Kier molecular flexibility index (Phi) is 4.83. The van der Waals surface area contributed by atoms with Gasteiger partial charge in [-0.05, 0) is 25.0 Å². The van der Waals surface area contributed by atoms with Crippen molar-refractivity contribution in [1.82, 2.24) is 5.32 Å². The van der Waals surface area contributed by atoms with Crippen molar-refractivity contribution in [2.75, 3.05) is 13.2 Å². The first-order chi connectivity index (χ1) is 8.36. The predicted molar refractivity (Wildman–Crippen MR) is 68.2 cm³/mol. The van der Waals surface area contributed by atoms with E-state index >= 15 is 0 Å². The van der Waals surface area contributed by atoms with Gasteiger partial charge in [-0.2, -0.15) is 0 Å². The molecular formula is C14H21NO2. The second-order valence-electron chi connectivity index (χ2n) is 4.57. The lowest BCUT2D eigenvalue weighted by molar-refractivity contribution is 0.0890. The van der Waals surface area contributed by atoms with Crippen LogP contribution >= 0.6 is 0 Å². The monoisotopic (exact) mass is 235 g/mol. The lowest BCUT2D eigenvalue weighted by Gasteiger charge is -2.28. The van der Waals surface area contributed by atoms with Crippen LogP contribution in [0, 0.1) is 0 Å². The Labute approximate surface area is 103 Å². The van der Waals surface area contributed by atoms with Crippen molar-refractivity contribution in [3.8, 4) is 5.75 Å². The van der Waals surface area contributed by atoms with Crippen LogP contribution in [0.3, 0.4) is 0 Å². The van der Waals surface area contributed by atoms with Gasteiger partial charge in [0.2, 0.25) is 0 Å². The van der Waals surface area contributed by atoms with Gasteiger partial charge in [-0.25, -0.2) is 0 Å². The highest BCUT2D eigenvalue weighted by molar-refractivity contribution is 5.20. The molecule has 94 valence electrons. The van der Waals surface area contributed by atoms with Gasteiger partial charge in [0.1, 0.15) is 12.4 Å². The first kappa shape index (κ1) is 12.4. The number of aliphatic hydroxyl groups is 1. The molecule has 3 heteroatoms. The highest BCUT2D eigenvalue weighted by Gasteiger charge is 2.21. The van der Waals surface area contributed by atoms with E-state index in [1.165, 1.54) is 6.42 Å². The van der Waals surface area contributed by atoms with E-state index < -0.39 is 0 Å². The minimum absolute atomic E-state index is 0.180. The van der Waals surface area contributed by atoms with Crippen molar-refractivity contribution in [3.05, 3.63) is 30.3 Å². The van der Waals surface area contributed by atoms with Crippen LogP contribution in [0.25, 0.3) is 0 Å². The maximum atomic E-state index is 9.78. The van der Waals surface area contributed by atoms with Gasteiger partial charge in [-0.15, -0.1) is 0 Å². The Balaban J connectivity index is 1.63. The number of hydrogen-bond acceptors (Lipinski definition) is 3. The van der Waals surface area contributed by atoms with Gasteiger partial charge in [0.25, 0.3) is 0 Å². The van der Waals surface area contributed by atoms with Crippen molar-refractivity contribution < 1.29 is 9.84 Å². The van der Waals surface area contributed by atoms with E-state index in [1.807, 2.05) is 30.3 Å². The summed E-state index contributed by atoms with van der Waals surface area (Å²) in [5.41, 5.74) is 0. The van der Waals surface area contributed by atoms with Crippen molar-refractivity contribution in [1.29, 1.82) is 0 Å². The third-order valence-corrected chi connectivity index (χ3v) is 3.25. The molecule has 1 saturated carbocycles. The molecule has 17 heavy (non-hydrogen) atoms. The van der Waals surface area contributed by atoms with Crippen LogP contribution in [-0.4, -0.2) is 30.4 Å². The van der Waals surface area contributed by atoms with Crippen molar-refractivity contribution in [2.45, 2.75) is 37.8 Å². The Bertz CT molecular complexity index is 315. The largest absolute Gasteiger partial charge is 0.492 e. The van der Waals surface area contributed by atoms with Crippen LogP contribution in [0.2, 0.25) is 0 Å². The van der Waals surface area contributed by atoms with E-state index in [1.54, 1.807) is 0 Å². The molecular weight excluding hydrogens is 214 g/mol. The van der Waals surface area contributed by atoms with Crippen LogP contribution in [-0.2, 0) is 0 Å². The Morgan fingerprint density at radius 3 is 2.71 bits per heavy atom. The van der Waals surface area contributed by atoms with Gasteiger partial charge in [-0.3, -0.25) is 0 Å². The molecule has 2 rings (SSSR count). The molecule has 0 bridgehead atoms. The van der Waals surface area contributed by atoms with Gasteiger partial charge in [0.15, 0.2) is 0 Å². The Hall–Kier alpha value is -1.06. The maximum Gasteiger partial charge on any atom is 0.119 e. The second kappa shape index (κ2) is 6.62. The van der Waals surface area contributed by atoms with Crippen LogP contribution in [0.15, 0.2) is 30.3 Å². The maximum absolute atomic E-state index is 9.78. The molecule has 0 spiro atoms. The zero-order valence-electron chi connectivity index (χ0n) is 10.1. The molecule has 0 radical (unpaired) electrons. The standard InChI is InChI=1S/C14H21NO2/c16-14-9-5-4-8-13(14)15-10-11-17-12-6-2-1-3-7-12/h1-3,6-7,13-16H,4-5,8-11H2/t13-,14-/m1/s1. The summed E-state index contributed by atoms with van der Waals surface area (Å²) in [7, 11) is 0. The van der Waals surface area contributed by atoms with E-state index in [9.17, 15) is 5.11 Å². The molecule has 0 heterocycles. The average molecular weight is 235 g/mol. The zero-order valence-corrected chi connectivity index (χ0v) is 10.1. The van der Waals surface area contributed by atoms with Gasteiger partial charge in [0.05, 0.1) is 6.10 Å². The van der Waals surface area contributed by atoms with E-state index in [-0.39, 0.29) is 12.1 Å². The van der Waals surface area contributed by atoms with Crippen molar-refractivity contribution in [2.24, 2.45) is 0 Å². The summed E-state index contributed by atoms with van der Waals surface area (Å²) in [6.45, 7) is 1.43. The third-order valence-electron chi connectivity index (χ3n) is 3.25. The number of rotatable bonds is 5. The van der Waals surface area contributed by atoms with Gasteiger partial charge in [-0.1, -0.05) is 31.0 Å². The first-order valence-electron chi connectivity index (χ1n) is 6.45. The Morgan fingerprint density at radius 1 is 1.18 bits per heavy atom. The molecule has 0 saturated heterocycles. The third kappa shape index (κ3) is 4.02. The first-order valence-corrected chi connectivity index (χ1v) is 6.45. The molecule has 0 aliphatic heterocycles. The fourth-order valence-electron chi connectivity index (χ4n) is 2.28. The summed E-state index contributed by atoms with van der Waals surface area (Å²) in [5, 5.41) is 13.1. The van der Waals surface area contributed by atoms with Crippen LogP contribution < -0.4 is 10.1 Å². The predicted octanol–water partition coefficient (Wildman–Crippen LogP) is 1.96. The van der Waals surface area contributed by atoms with Crippen molar-refractivity contribution in [3.63, 3.8) is 0 Å². The van der Waals surface area contributed by atoms with Gasteiger partial charge >= 0.3 is 0 Å². The topological polar surface area (TPSA) is 41.5 Å². The van der Waals surface area contributed by atoms with E-state index in [0.717, 1.165) is 31.6 Å². The number of hydrogen-bond donors (Lipinski definition) is 2. The van der Waals surface area contributed by atoms with Crippen LogP contribution in [0.4, 0.5) is 0 Å². The fraction of sp³-hybridized carbons (Fsp3) is 0.571. The molecule has 1 aromatic rings. The zero-order chi connectivity index (χ0) is 11.9. The fourth-order valence-corrected chi connectivity index (χ4v) is 2.28. The molecule has 0 aromatic heterocycles. The number of para-hydroxylation sites is 1. The quantitative estimate of drug-likeness (QED) is 0.767.